The molecule has 4 rings (SSSR count). The number of hydrogen-bond donors (Lipinski definition) is 0. The van der Waals surface area contributed by atoms with Gasteiger partial charge in [0.1, 0.15) is 6.10 Å². The molecule has 2 aromatic carbocycles. The van der Waals surface area contributed by atoms with Crippen LogP contribution < -0.4 is 0 Å². The first-order valence-electron chi connectivity index (χ1n) is 9.41. The summed E-state index contributed by atoms with van der Waals surface area (Å²) in [6.45, 7) is 1.87. The average Bonchev–Trinajstić information content (AvgIpc) is 3.20. The van der Waals surface area contributed by atoms with E-state index in [9.17, 15) is 4.79 Å². The minimum atomic E-state index is -0.400. The minimum Gasteiger partial charge on any atom is -0.370 e. The van der Waals surface area contributed by atoms with E-state index in [1.54, 1.807) is 0 Å². The van der Waals surface area contributed by atoms with Crippen LogP contribution in [0, 0.1) is 0 Å². The van der Waals surface area contributed by atoms with Gasteiger partial charge in [-0.15, -0.1) is 0 Å². The van der Waals surface area contributed by atoms with E-state index in [1.807, 2.05) is 47.4 Å². The largest absolute Gasteiger partial charge is 0.370 e. The lowest BCUT2D eigenvalue weighted by molar-refractivity contribution is -0.145. The number of benzene rings is 2. The molecule has 1 atom stereocenters. The molecule has 1 unspecified atom stereocenters. The second kappa shape index (κ2) is 7.42. The van der Waals surface area contributed by atoms with Gasteiger partial charge in [-0.3, -0.25) is 4.79 Å². The van der Waals surface area contributed by atoms with Crippen molar-refractivity contribution in [1.82, 2.24) is 4.90 Å². The summed E-state index contributed by atoms with van der Waals surface area (Å²) < 4.78 is 5.95. The molecule has 0 radical (unpaired) electrons. The highest BCUT2D eigenvalue weighted by atomic mass is 35.5. The highest BCUT2D eigenvalue weighted by Crippen LogP contribution is 2.43. The summed E-state index contributed by atoms with van der Waals surface area (Å²) in [7, 11) is 0. The zero-order valence-electron chi connectivity index (χ0n) is 14.9. The van der Waals surface area contributed by atoms with Gasteiger partial charge in [0, 0.05) is 11.6 Å². The fraction of sp³-hybridized carbons (Fsp3) is 0.409. The maximum absolute atomic E-state index is 13.6. The maximum atomic E-state index is 13.6. The topological polar surface area (TPSA) is 29.5 Å². The second-order valence-electron chi connectivity index (χ2n) is 7.32. The smallest absolute Gasteiger partial charge is 0.233 e. The monoisotopic (exact) mass is 369 g/mol. The van der Waals surface area contributed by atoms with Crippen LogP contribution in [0.4, 0.5) is 0 Å². The van der Waals surface area contributed by atoms with E-state index in [0.717, 1.165) is 36.8 Å². The van der Waals surface area contributed by atoms with Crippen molar-refractivity contribution in [1.29, 1.82) is 0 Å². The molecule has 2 fully saturated rings. The lowest BCUT2D eigenvalue weighted by Crippen LogP contribution is -2.50. The Hall–Kier alpha value is -1.84. The van der Waals surface area contributed by atoms with E-state index < -0.39 is 5.41 Å². The lowest BCUT2D eigenvalue weighted by atomic mass is 9.77. The first-order chi connectivity index (χ1) is 12.7. The molecule has 1 saturated heterocycles. The summed E-state index contributed by atoms with van der Waals surface area (Å²) in [4.78, 5) is 15.6. The number of morpholine rings is 1. The van der Waals surface area contributed by atoms with Crippen molar-refractivity contribution in [2.75, 3.05) is 19.7 Å². The molecule has 0 N–H and O–H groups in total. The van der Waals surface area contributed by atoms with Crippen LogP contribution >= 0.6 is 11.6 Å². The van der Waals surface area contributed by atoms with Crippen molar-refractivity contribution in [3.63, 3.8) is 0 Å². The molecule has 0 aromatic heterocycles. The summed E-state index contributed by atoms with van der Waals surface area (Å²) in [5, 5.41) is 0.713. The number of halogens is 1. The van der Waals surface area contributed by atoms with Crippen LogP contribution in [0.3, 0.4) is 0 Å². The third-order valence-electron chi connectivity index (χ3n) is 5.79. The summed E-state index contributed by atoms with van der Waals surface area (Å²) in [6.07, 6.45) is 3.99. The standard InChI is InChI=1S/C22H24ClNO2/c23-19-10-8-18(9-11-19)22(12-4-5-13-22)21(25)24-14-15-26-20(16-24)17-6-2-1-3-7-17/h1-3,6-11,20H,4-5,12-16H2. The molecule has 26 heavy (non-hydrogen) atoms. The predicted molar refractivity (Wildman–Crippen MR) is 103 cm³/mol. The zero-order valence-corrected chi connectivity index (χ0v) is 15.6. The number of carbonyl (C=O) groups is 1. The van der Waals surface area contributed by atoms with Gasteiger partial charge in [-0.1, -0.05) is 66.9 Å². The molecule has 1 saturated carbocycles. The van der Waals surface area contributed by atoms with Crippen LogP contribution in [0.5, 0.6) is 0 Å². The van der Waals surface area contributed by atoms with Gasteiger partial charge in [0.05, 0.1) is 18.6 Å². The first-order valence-corrected chi connectivity index (χ1v) is 9.79. The fourth-order valence-corrected chi connectivity index (χ4v) is 4.51. The second-order valence-corrected chi connectivity index (χ2v) is 7.75. The first kappa shape index (κ1) is 17.6. The molecule has 1 aliphatic carbocycles. The van der Waals surface area contributed by atoms with E-state index in [4.69, 9.17) is 16.3 Å². The maximum Gasteiger partial charge on any atom is 0.233 e. The SMILES string of the molecule is O=C(N1CCOC(c2ccccc2)C1)C1(c2ccc(Cl)cc2)CCCC1. The van der Waals surface area contributed by atoms with Crippen LogP contribution in [-0.2, 0) is 14.9 Å². The molecule has 0 bridgehead atoms. The molecule has 1 aliphatic heterocycles. The molecule has 1 amide bonds. The number of amides is 1. The quantitative estimate of drug-likeness (QED) is 0.781. The van der Waals surface area contributed by atoms with Crippen LogP contribution in [0.1, 0.15) is 42.9 Å². The van der Waals surface area contributed by atoms with E-state index >= 15 is 0 Å². The molecule has 1 heterocycles. The Bertz CT molecular complexity index is 753. The molecule has 136 valence electrons. The van der Waals surface area contributed by atoms with Gasteiger partial charge in [-0.2, -0.15) is 0 Å². The van der Waals surface area contributed by atoms with Gasteiger partial charge < -0.3 is 9.64 Å². The average molecular weight is 370 g/mol. The highest BCUT2D eigenvalue weighted by molar-refractivity contribution is 6.30. The highest BCUT2D eigenvalue weighted by Gasteiger charge is 2.45. The van der Waals surface area contributed by atoms with Gasteiger partial charge >= 0.3 is 0 Å². The van der Waals surface area contributed by atoms with E-state index in [-0.39, 0.29) is 12.0 Å². The van der Waals surface area contributed by atoms with E-state index in [1.165, 1.54) is 0 Å². The van der Waals surface area contributed by atoms with Gasteiger partial charge in [-0.25, -0.2) is 0 Å². The Labute approximate surface area is 159 Å². The third-order valence-corrected chi connectivity index (χ3v) is 6.04. The zero-order chi connectivity index (χ0) is 18.0. The number of rotatable bonds is 3. The molecule has 3 nitrogen and oxygen atoms in total. The number of nitrogens with zero attached hydrogens (tertiary/aromatic N) is 1. The Kier molecular flexibility index (Phi) is 5.01. The normalized spacial score (nSPS) is 22.3. The Morgan fingerprint density at radius 2 is 1.73 bits per heavy atom. The Balaban J connectivity index is 1.59. The Morgan fingerprint density at radius 3 is 2.42 bits per heavy atom. The number of carbonyl (C=O) groups excluding carboxylic acids is 1. The summed E-state index contributed by atoms with van der Waals surface area (Å²) in [6, 6.07) is 18.0. The van der Waals surface area contributed by atoms with Crippen molar-refractivity contribution in [2.45, 2.75) is 37.2 Å². The van der Waals surface area contributed by atoms with E-state index in [2.05, 4.69) is 12.1 Å². The van der Waals surface area contributed by atoms with Crippen molar-refractivity contribution in [3.05, 3.63) is 70.7 Å². The van der Waals surface area contributed by atoms with Crippen LogP contribution in [0.2, 0.25) is 5.02 Å². The van der Waals surface area contributed by atoms with Crippen molar-refractivity contribution in [2.24, 2.45) is 0 Å². The predicted octanol–water partition coefficient (Wildman–Crippen LogP) is 4.75. The summed E-state index contributed by atoms with van der Waals surface area (Å²) in [5.74, 6) is 0.251. The molecule has 4 heteroatoms. The molecule has 0 spiro atoms. The van der Waals surface area contributed by atoms with Crippen LogP contribution in [0.25, 0.3) is 0 Å². The molecule has 2 aromatic rings. The van der Waals surface area contributed by atoms with Gasteiger partial charge in [0.2, 0.25) is 5.91 Å². The number of hydrogen-bond acceptors (Lipinski definition) is 2. The molecular formula is C22H24ClNO2. The summed E-state index contributed by atoms with van der Waals surface area (Å²) >= 11 is 6.07. The van der Waals surface area contributed by atoms with Crippen molar-refractivity contribution < 1.29 is 9.53 Å². The number of ether oxygens (including phenoxy) is 1. The molecular weight excluding hydrogens is 346 g/mol. The lowest BCUT2D eigenvalue weighted by Gasteiger charge is -2.39. The van der Waals surface area contributed by atoms with E-state index in [0.29, 0.717) is 24.7 Å². The van der Waals surface area contributed by atoms with Crippen LogP contribution in [0.15, 0.2) is 54.6 Å². The van der Waals surface area contributed by atoms with Crippen molar-refractivity contribution >= 4 is 17.5 Å². The minimum absolute atomic E-state index is 0.0439. The molecule has 2 aliphatic rings. The van der Waals surface area contributed by atoms with Crippen LogP contribution in [-0.4, -0.2) is 30.5 Å². The van der Waals surface area contributed by atoms with Gasteiger partial charge in [0.15, 0.2) is 0 Å². The Morgan fingerprint density at radius 1 is 1.04 bits per heavy atom. The van der Waals surface area contributed by atoms with Crippen molar-refractivity contribution in [3.8, 4) is 0 Å². The van der Waals surface area contributed by atoms with Gasteiger partial charge in [-0.05, 0) is 36.1 Å². The summed E-state index contributed by atoms with van der Waals surface area (Å²) in [5.41, 5.74) is 1.84. The van der Waals surface area contributed by atoms with Gasteiger partial charge in [0.25, 0.3) is 0 Å². The third kappa shape index (κ3) is 3.26. The fourth-order valence-electron chi connectivity index (χ4n) is 4.38.